The van der Waals surface area contributed by atoms with Crippen LogP contribution >= 0.6 is 7.82 Å². The summed E-state index contributed by atoms with van der Waals surface area (Å²) in [6.45, 7) is 0.894. The fourth-order valence-electron chi connectivity index (χ4n) is 3.92. The van der Waals surface area contributed by atoms with Crippen molar-refractivity contribution >= 4 is 13.8 Å². The van der Waals surface area contributed by atoms with E-state index in [-0.39, 0.29) is 6.42 Å². The summed E-state index contributed by atoms with van der Waals surface area (Å²) in [4.78, 5) is 21.7. The van der Waals surface area contributed by atoms with Crippen molar-refractivity contribution in [3.8, 4) is 0 Å². The number of rotatable bonds is 21. The van der Waals surface area contributed by atoms with E-state index in [0.717, 1.165) is 25.7 Å². The minimum Gasteiger partial charge on any atom is -0.463 e. The Balaban J connectivity index is 2.15. The van der Waals surface area contributed by atoms with Gasteiger partial charge in [-0.2, -0.15) is 0 Å². The highest BCUT2D eigenvalue weighted by molar-refractivity contribution is 7.47. The number of unbranched alkanes of at least 4 members (excludes halogenated alkanes) is 4. The number of phosphoric acid groups is 1. The molecule has 1 saturated carbocycles. The summed E-state index contributed by atoms with van der Waals surface area (Å²) >= 11 is 0. The highest BCUT2D eigenvalue weighted by atomic mass is 31.2. The van der Waals surface area contributed by atoms with Crippen LogP contribution in [-0.2, 0) is 23.1 Å². The molecule has 7 N–H and O–H groups in total. The molecule has 3 unspecified atom stereocenters. The van der Waals surface area contributed by atoms with Gasteiger partial charge in [0.1, 0.15) is 49.3 Å². The lowest BCUT2D eigenvalue weighted by Crippen LogP contribution is -2.64. The predicted octanol–water partition coefficient (Wildman–Crippen LogP) is 2.36. The number of hydrogen-bond donors (Lipinski definition) is 7. The van der Waals surface area contributed by atoms with E-state index in [4.69, 9.17) is 4.74 Å². The highest BCUT2D eigenvalue weighted by Crippen LogP contribution is 2.47. The van der Waals surface area contributed by atoms with Gasteiger partial charge in [-0.1, -0.05) is 68.4 Å². The van der Waals surface area contributed by atoms with Gasteiger partial charge in [-0.3, -0.25) is 13.8 Å². The lowest BCUT2D eigenvalue weighted by Gasteiger charge is -2.41. The normalized spacial score (nSPS) is 27.3. The summed E-state index contributed by atoms with van der Waals surface area (Å²) in [6.07, 6.45) is 12.5. The van der Waals surface area contributed by atoms with Gasteiger partial charge < -0.3 is 40.3 Å². The first-order valence-corrected chi connectivity index (χ1v) is 16.0. The first kappa shape index (κ1) is 38.3. The van der Waals surface area contributed by atoms with Crippen LogP contribution in [-0.4, -0.2) is 97.4 Å². The summed E-state index contributed by atoms with van der Waals surface area (Å²) in [6, 6.07) is 0. The molecule has 12 nitrogen and oxygen atoms in total. The van der Waals surface area contributed by atoms with E-state index >= 15 is 0 Å². The number of phosphoric ester groups is 1. The van der Waals surface area contributed by atoms with Gasteiger partial charge in [0.25, 0.3) is 0 Å². The topological polar surface area (TPSA) is 203 Å². The molecular weight excluding hydrogens is 571 g/mol. The molecule has 1 fully saturated rings. The Labute approximate surface area is 248 Å². The van der Waals surface area contributed by atoms with Crippen molar-refractivity contribution in [1.29, 1.82) is 0 Å². The summed E-state index contributed by atoms with van der Waals surface area (Å²) in [5.41, 5.74) is 0. The first-order chi connectivity index (χ1) is 20.0. The van der Waals surface area contributed by atoms with Crippen molar-refractivity contribution in [3.63, 3.8) is 0 Å². The Morgan fingerprint density at radius 1 is 0.738 bits per heavy atom. The predicted molar refractivity (Wildman–Crippen MR) is 156 cm³/mol. The van der Waals surface area contributed by atoms with E-state index in [1.165, 1.54) is 19.3 Å². The molecule has 0 amide bonds. The molecule has 0 spiro atoms. The number of aliphatic hydroxyl groups is 6. The largest absolute Gasteiger partial charge is 0.472 e. The van der Waals surface area contributed by atoms with Crippen molar-refractivity contribution < 1.29 is 58.7 Å². The Morgan fingerprint density at radius 3 is 1.74 bits per heavy atom. The molecule has 0 aromatic carbocycles. The first-order valence-electron chi connectivity index (χ1n) is 14.5. The third-order valence-electron chi connectivity index (χ3n) is 6.40. The minimum atomic E-state index is -5.00. The van der Waals surface area contributed by atoms with E-state index in [1.54, 1.807) is 0 Å². The summed E-state index contributed by atoms with van der Waals surface area (Å²) < 4.78 is 26.3. The van der Waals surface area contributed by atoms with Gasteiger partial charge in [-0.25, -0.2) is 4.57 Å². The second kappa shape index (κ2) is 21.9. The minimum absolute atomic E-state index is 0.112. The van der Waals surface area contributed by atoms with Crippen LogP contribution in [0.2, 0.25) is 0 Å². The second-order valence-electron chi connectivity index (χ2n) is 10.1. The van der Waals surface area contributed by atoms with Crippen LogP contribution in [0.1, 0.15) is 71.1 Å². The SMILES string of the molecule is CCCCC/C=C\C/C=C\C/C=C\C/C=C\CCCC(=O)OC[C@@H](O)COP(=O)(O)OC1[C@@H](O)[C@H](O)C(O)[C@H](O)[C@@H]1O. The molecule has 8 atom stereocenters. The van der Waals surface area contributed by atoms with E-state index in [1.807, 2.05) is 12.2 Å². The molecule has 0 aromatic heterocycles. The number of carbonyl (C=O) groups is 1. The zero-order valence-electron chi connectivity index (χ0n) is 24.3. The van der Waals surface area contributed by atoms with Gasteiger partial charge in [-0.15, -0.1) is 0 Å². The fraction of sp³-hybridized carbons (Fsp3) is 0.690. The summed E-state index contributed by atoms with van der Waals surface area (Å²) in [5.74, 6) is -0.566. The third kappa shape index (κ3) is 16.2. The molecule has 0 radical (unpaired) electrons. The number of ether oxygens (including phenoxy) is 1. The number of allylic oxidation sites excluding steroid dienone is 8. The zero-order chi connectivity index (χ0) is 31.4. The van der Waals surface area contributed by atoms with Crippen LogP contribution in [0.4, 0.5) is 0 Å². The van der Waals surface area contributed by atoms with E-state index in [2.05, 4.69) is 52.4 Å². The average Bonchev–Trinajstić information content (AvgIpc) is 2.96. The van der Waals surface area contributed by atoms with Gasteiger partial charge in [0.2, 0.25) is 0 Å². The Morgan fingerprint density at radius 2 is 1.21 bits per heavy atom. The molecule has 42 heavy (non-hydrogen) atoms. The van der Waals surface area contributed by atoms with E-state index in [0.29, 0.717) is 12.8 Å². The lowest BCUT2D eigenvalue weighted by atomic mass is 9.85. The quantitative estimate of drug-likeness (QED) is 0.0428. The van der Waals surface area contributed by atoms with Gasteiger partial charge in [0, 0.05) is 6.42 Å². The van der Waals surface area contributed by atoms with Crippen LogP contribution in [0.5, 0.6) is 0 Å². The van der Waals surface area contributed by atoms with Crippen molar-refractivity contribution in [3.05, 3.63) is 48.6 Å². The van der Waals surface area contributed by atoms with E-state index in [9.17, 15) is 44.9 Å². The number of esters is 1. The van der Waals surface area contributed by atoms with E-state index < -0.39 is 69.7 Å². The van der Waals surface area contributed by atoms with Gasteiger partial charge in [0.05, 0.1) is 6.61 Å². The number of carbonyl (C=O) groups excluding carboxylic acids is 1. The zero-order valence-corrected chi connectivity index (χ0v) is 25.2. The fourth-order valence-corrected chi connectivity index (χ4v) is 4.90. The molecule has 1 aliphatic carbocycles. The highest BCUT2D eigenvalue weighted by Gasteiger charge is 2.51. The Hall–Kier alpha value is -1.70. The second-order valence-corrected chi connectivity index (χ2v) is 11.5. The van der Waals surface area contributed by atoms with Crippen molar-refractivity contribution in [2.75, 3.05) is 13.2 Å². The molecule has 0 aliphatic heterocycles. The molecule has 13 heteroatoms. The molecule has 1 aliphatic rings. The Kier molecular flexibility index (Phi) is 20.0. The van der Waals surface area contributed by atoms with Crippen LogP contribution in [0.3, 0.4) is 0 Å². The number of hydrogen-bond acceptors (Lipinski definition) is 11. The van der Waals surface area contributed by atoms with Crippen LogP contribution in [0.25, 0.3) is 0 Å². The molecule has 0 heterocycles. The molecular formula is C29H49O12P. The van der Waals surface area contributed by atoms with Gasteiger partial charge in [-0.05, 0) is 44.9 Å². The molecule has 1 rings (SSSR count). The van der Waals surface area contributed by atoms with Crippen LogP contribution in [0, 0.1) is 0 Å². The maximum Gasteiger partial charge on any atom is 0.472 e. The van der Waals surface area contributed by atoms with Gasteiger partial charge in [0.15, 0.2) is 0 Å². The Bertz CT molecular complexity index is 889. The van der Waals surface area contributed by atoms with Gasteiger partial charge >= 0.3 is 13.8 Å². The van der Waals surface area contributed by atoms with Crippen LogP contribution in [0.15, 0.2) is 48.6 Å². The third-order valence-corrected chi connectivity index (χ3v) is 7.39. The lowest BCUT2D eigenvalue weighted by molar-refractivity contribution is -0.220. The average molecular weight is 621 g/mol. The van der Waals surface area contributed by atoms with Crippen LogP contribution < -0.4 is 0 Å². The standard InChI is InChI=1S/C29H49O12P/c1-2-3-4-5-6-7-8-9-10-11-12-13-14-15-16-17-18-19-23(31)39-20-22(30)21-40-42(37,38)41-29-27(35)25(33)24(32)26(34)28(29)36/h6-7,9-10,12-13,15-16,22,24-30,32-36H,2-5,8,11,14,17-21H2,1H3,(H,37,38)/b7-6-,10-9-,13-12-,16-15-/t22-,24?,25-,26+,27+,28+,29?/m1/s1. The summed E-state index contributed by atoms with van der Waals surface area (Å²) in [5, 5.41) is 58.5. The van der Waals surface area contributed by atoms with Crippen molar-refractivity contribution in [1.82, 2.24) is 0 Å². The smallest absolute Gasteiger partial charge is 0.463 e. The monoisotopic (exact) mass is 620 g/mol. The molecule has 0 bridgehead atoms. The maximum atomic E-state index is 12.1. The summed E-state index contributed by atoms with van der Waals surface area (Å²) in [7, 11) is -5.00. The van der Waals surface area contributed by atoms with Crippen molar-refractivity contribution in [2.24, 2.45) is 0 Å². The maximum absolute atomic E-state index is 12.1. The molecule has 0 aromatic rings. The molecule has 242 valence electrons. The van der Waals surface area contributed by atoms with Crippen molar-refractivity contribution in [2.45, 2.75) is 114 Å². The molecule has 0 saturated heterocycles. The number of aliphatic hydroxyl groups excluding tert-OH is 6.